The third-order valence-electron chi connectivity index (χ3n) is 3.40. The highest BCUT2D eigenvalue weighted by Crippen LogP contribution is 2.24. The van der Waals surface area contributed by atoms with Gasteiger partial charge in [-0.15, -0.1) is 11.3 Å². The number of carbonyl (C=O) groups excluding carboxylic acids is 1. The maximum Gasteiger partial charge on any atom is 0.319 e. The first-order valence-electron chi connectivity index (χ1n) is 7.41. The molecule has 0 aliphatic heterocycles. The molecule has 3 rings (SSSR count). The van der Waals surface area contributed by atoms with E-state index in [9.17, 15) is 4.79 Å². The number of rotatable bonds is 5. The molecule has 0 spiro atoms. The van der Waals surface area contributed by atoms with Crippen molar-refractivity contribution in [1.82, 2.24) is 10.3 Å². The fourth-order valence-corrected chi connectivity index (χ4v) is 2.90. The largest absolute Gasteiger partial charge is 0.497 e. The molecule has 0 aliphatic rings. The first kappa shape index (κ1) is 16.0. The number of carbonyl (C=O) groups is 1. The van der Waals surface area contributed by atoms with Crippen LogP contribution in [0, 0.1) is 0 Å². The fraction of sp³-hybridized carbons (Fsp3) is 0.111. The van der Waals surface area contributed by atoms with Crippen LogP contribution in [-0.2, 0) is 6.54 Å². The average Bonchev–Trinajstić information content (AvgIpc) is 3.16. The summed E-state index contributed by atoms with van der Waals surface area (Å²) in [6, 6.07) is 13.0. The van der Waals surface area contributed by atoms with Gasteiger partial charge in [-0.2, -0.15) is 0 Å². The smallest absolute Gasteiger partial charge is 0.319 e. The second-order valence-corrected chi connectivity index (χ2v) is 6.04. The van der Waals surface area contributed by atoms with E-state index in [4.69, 9.17) is 4.74 Å². The molecule has 6 heteroatoms. The quantitative estimate of drug-likeness (QED) is 0.734. The van der Waals surface area contributed by atoms with E-state index in [0.29, 0.717) is 12.2 Å². The Bertz CT molecular complexity index is 801. The van der Waals surface area contributed by atoms with Gasteiger partial charge in [-0.3, -0.25) is 4.98 Å². The molecule has 3 aromatic rings. The Labute approximate surface area is 144 Å². The van der Waals surface area contributed by atoms with Crippen molar-refractivity contribution in [2.24, 2.45) is 0 Å². The van der Waals surface area contributed by atoms with Gasteiger partial charge < -0.3 is 15.4 Å². The summed E-state index contributed by atoms with van der Waals surface area (Å²) in [6.45, 7) is 0.411. The van der Waals surface area contributed by atoms with E-state index in [1.165, 1.54) is 0 Å². The number of amides is 2. The van der Waals surface area contributed by atoms with Crippen LogP contribution in [0.3, 0.4) is 0 Å². The normalized spacial score (nSPS) is 10.2. The van der Waals surface area contributed by atoms with Gasteiger partial charge >= 0.3 is 6.03 Å². The lowest BCUT2D eigenvalue weighted by molar-refractivity contribution is 0.251. The minimum absolute atomic E-state index is 0.262. The molecule has 0 radical (unpaired) electrons. The SMILES string of the molecule is COc1ccc(NC(=O)NCc2cncc(-c3cccs3)c2)cc1. The van der Waals surface area contributed by atoms with Gasteiger partial charge in [0.05, 0.1) is 7.11 Å². The van der Waals surface area contributed by atoms with Gasteiger partial charge in [0.1, 0.15) is 5.75 Å². The number of ether oxygens (including phenoxy) is 1. The molecule has 0 bridgehead atoms. The molecular weight excluding hydrogens is 322 g/mol. The second kappa shape index (κ2) is 7.61. The maximum atomic E-state index is 12.0. The Balaban J connectivity index is 1.57. The molecule has 2 heterocycles. The summed E-state index contributed by atoms with van der Waals surface area (Å²) in [5.41, 5.74) is 2.71. The number of hydrogen-bond acceptors (Lipinski definition) is 4. The first-order chi connectivity index (χ1) is 11.7. The molecule has 0 saturated heterocycles. The van der Waals surface area contributed by atoms with Crippen molar-refractivity contribution >= 4 is 23.1 Å². The zero-order chi connectivity index (χ0) is 16.8. The number of hydrogen-bond donors (Lipinski definition) is 2. The summed E-state index contributed by atoms with van der Waals surface area (Å²) in [4.78, 5) is 17.4. The Morgan fingerprint density at radius 2 is 2.04 bits per heavy atom. The van der Waals surface area contributed by atoms with Crippen molar-refractivity contribution in [3.63, 3.8) is 0 Å². The van der Waals surface area contributed by atoms with Crippen molar-refractivity contribution in [2.75, 3.05) is 12.4 Å². The molecule has 1 aromatic carbocycles. The molecule has 0 aliphatic carbocycles. The van der Waals surface area contributed by atoms with Gasteiger partial charge in [-0.1, -0.05) is 6.07 Å². The molecule has 122 valence electrons. The van der Waals surface area contributed by atoms with Crippen LogP contribution in [0.4, 0.5) is 10.5 Å². The van der Waals surface area contributed by atoms with Crippen LogP contribution in [-0.4, -0.2) is 18.1 Å². The van der Waals surface area contributed by atoms with Crippen LogP contribution in [0.2, 0.25) is 0 Å². The minimum atomic E-state index is -0.262. The number of anilines is 1. The average molecular weight is 339 g/mol. The molecule has 5 nitrogen and oxygen atoms in total. The van der Waals surface area contributed by atoms with Crippen LogP contribution in [0.15, 0.2) is 60.2 Å². The van der Waals surface area contributed by atoms with Crippen LogP contribution >= 0.6 is 11.3 Å². The number of thiophene rings is 1. The molecule has 0 atom stereocenters. The summed E-state index contributed by atoms with van der Waals surface area (Å²) >= 11 is 1.66. The van der Waals surface area contributed by atoms with Crippen molar-refractivity contribution < 1.29 is 9.53 Å². The van der Waals surface area contributed by atoms with Gasteiger partial charge in [0.2, 0.25) is 0 Å². The topological polar surface area (TPSA) is 63.2 Å². The summed E-state index contributed by atoms with van der Waals surface area (Å²) in [7, 11) is 1.60. The van der Waals surface area contributed by atoms with E-state index in [1.54, 1.807) is 48.9 Å². The van der Waals surface area contributed by atoms with E-state index >= 15 is 0 Å². The van der Waals surface area contributed by atoms with E-state index in [0.717, 1.165) is 21.8 Å². The third-order valence-corrected chi connectivity index (χ3v) is 4.32. The second-order valence-electron chi connectivity index (χ2n) is 5.10. The van der Waals surface area contributed by atoms with E-state index in [1.807, 2.05) is 23.7 Å². The zero-order valence-electron chi connectivity index (χ0n) is 13.2. The lowest BCUT2D eigenvalue weighted by Crippen LogP contribution is -2.28. The number of nitrogens with zero attached hydrogens (tertiary/aromatic N) is 1. The molecule has 0 saturated carbocycles. The molecule has 2 aromatic heterocycles. The van der Waals surface area contributed by atoms with Crippen LogP contribution in [0.1, 0.15) is 5.56 Å². The summed E-state index contributed by atoms with van der Waals surface area (Å²) in [5.74, 6) is 0.748. The summed E-state index contributed by atoms with van der Waals surface area (Å²) in [5, 5.41) is 7.64. The van der Waals surface area contributed by atoms with Gasteiger partial charge in [0.15, 0.2) is 0 Å². The Kier molecular flexibility index (Phi) is 5.08. The van der Waals surface area contributed by atoms with E-state index in [2.05, 4.69) is 21.7 Å². The Morgan fingerprint density at radius 1 is 1.21 bits per heavy atom. The zero-order valence-corrected chi connectivity index (χ0v) is 14.0. The predicted molar refractivity (Wildman–Crippen MR) is 96.4 cm³/mol. The van der Waals surface area contributed by atoms with Crippen LogP contribution < -0.4 is 15.4 Å². The first-order valence-corrected chi connectivity index (χ1v) is 8.29. The number of aromatic nitrogens is 1. The van der Waals surface area contributed by atoms with Gasteiger partial charge in [0, 0.05) is 35.1 Å². The van der Waals surface area contributed by atoms with Crippen LogP contribution in [0.5, 0.6) is 5.75 Å². The molecule has 0 fully saturated rings. The van der Waals surface area contributed by atoms with Gasteiger partial charge in [0.25, 0.3) is 0 Å². The number of methoxy groups -OCH3 is 1. The highest BCUT2D eigenvalue weighted by atomic mass is 32.1. The molecule has 2 amide bonds. The molecule has 0 unspecified atom stereocenters. The van der Waals surface area contributed by atoms with Crippen LogP contribution in [0.25, 0.3) is 10.4 Å². The Morgan fingerprint density at radius 3 is 2.75 bits per heavy atom. The van der Waals surface area contributed by atoms with Crippen molar-refractivity contribution in [2.45, 2.75) is 6.54 Å². The highest BCUT2D eigenvalue weighted by molar-refractivity contribution is 7.13. The summed E-state index contributed by atoms with van der Waals surface area (Å²) < 4.78 is 5.09. The predicted octanol–water partition coefficient (Wildman–Crippen LogP) is 4.14. The minimum Gasteiger partial charge on any atom is -0.497 e. The standard InChI is InChI=1S/C18H17N3O2S/c1-23-16-6-4-15(5-7-16)21-18(22)20-11-13-9-14(12-19-10-13)17-3-2-8-24-17/h2-10,12H,11H2,1H3,(H2,20,21,22). The molecule has 24 heavy (non-hydrogen) atoms. The fourth-order valence-electron chi connectivity index (χ4n) is 2.19. The van der Waals surface area contributed by atoms with Crippen molar-refractivity contribution in [3.05, 3.63) is 65.8 Å². The monoisotopic (exact) mass is 339 g/mol. The van der Waals surface area contributed by atoms with Crippen molar-refractivity contribution in [3.8, 4) is 16.2 Å². The number of pyridine rings is 1. The number of urea groups is 1. The lowest BCUT2D eigenvalue weighted by Gasteiger charge is -2.09. The van der Waals surface area contributed by atoms with Gasteiger partial charge in [-0.05, 0) is 47.3 Å². The summed E-state index contributed by atoms with van der Waals surface area (Å²) in [6.07, 6.45) is 3.58. The highest BCUT2D eigenvalue weighted by Gasteiger charge is 2.04. The number of benzene rings is 1. The van der Waals surface area contributed by atoms with Crippen molar-refractivity contribution in [1.29, 1.82) is 0 Å². The van der Waals surface area contributed by atoms with E-state index < -0.39 is 0 Å². The maximum absolute atomic E-state index is 12.0. The lowest BCUT2D eigenvalue weighted by atomic mass is 10.2. The Hall–Kier alpha value is -2.86. The molecular formula is C18H17N3O2S. The molecule has 2 N–H and O–H groups in total. The number of nitrogens with one attached hydrogen (secondary N) is 2. The third kappa shape index (κ3) is 4.11. The van der Waals surface area contributed by atoms with E-state index in [-0.39, 0.29) is 6.03 Å². The van der Waals surface area contributed by atoms with Gasteiger partial charge in [-0.25, -0.2) is 4.79 Å².